The summed E-state index contributed by atoms with van der Waals surface area (Å²) in [5.41, 5.74) is 0. The molecule has 1 aromatic rings. The molecule has 0 spiro atoms. The Morgan fingerprint density at radius 1 is 1.41 bits per heavy atom. The predicted molar refractivity (Wildman–Crippen MR) is 80.7 cm³/mol. The molecule has 0 atom stereocenters. The molecular weight excluding hydrogens is 345 g/mol. The maximum Gasteiger partial charge on any atom is 0.257 e. The zero-order valence-corrected chi connectivity index (χ0v) is 14.5. The van der Waals surface area contributed by atoms with Crippen molar-refractivity contribution >= 4 is 30.9 Å². The molecule has 0 aliphatic carbocycles. The van der Waals surface area contributed by atoms with E-state index in [4.69, 9.17) is 8.84 Å². The summed E-state index contributed by atoms with van der Waals surface area (Å²) in [7, 11) is -1.59. The highest BCUT2D eigenvalue weighted by atomic mass is 127. The summed E-state index contributed by atoms with van der Waals surface area (Å²) in [6.45, 7) is 12.2. The third kappa shape index (κ3) is 4.71. The first-order chi connectivity index (χ1) is 7.72. The quantitative estimate of drug-likeness (QED) is 0.444. The lowest BCUT2D eigenvalue weighted by Gasteiger charge is -2.36. The van der Waals surface area contributed by atoms with Crippen LogP contribution in [0.4, 0.5) is 0 Å². The van der Waals surface area contributed by atoms with E-state index >= 15 is 0 Å². The first-order valence-electron chi connectivity index (χ1n) is 5.96. The molecule has 1 rings (SSSR count). The molecule has 0 radical (unpaired) electrons. The van der Waals surface area contributed by atoms with E-state index in [2.05, 4.69) is 61.4 Å². The summed E-state index contributed by atoms with van der Waals surface area (Å²) < 4.78 is 12.2. The third-order valence-corrected chi connectivity index (χ3v) is 8.40. The first-order valence-corrected chi connectivity index (χ1v) is 9.95. The molecule has 5 heteroatoms. The number of nitrogens with zero attached hydrogens (tertiary/aromatic N) is 1. The first kappa shape index (κ1) is 15.2. The highest BCUT2D eigenvalue weighted by Crippen LogP contribution is 2.36. The summed E-state index contributed by atoms with van der Waals surface area (Å²) in [6, 6.07) is 0. The minimum atomic E-state index is -1.59. The molecule has 17 heavy (non-hydrogen) atoms. The smallest absolute Gasteiger partial charge is 0.257 e. The van der Waals surface area contributed by atoms with Crippen LogP contribution in [0.2, 0.25) is 18.1 Å². The average molecular weight is 367 g/mol. The van der Waals surface area contributed by atoms with Crippen molar-refractivity contribution in [3.8, 4) is 0 Å². The summed E-state index contributed by atoms with van der Waals surface area (Å²) >= 11 is 2.08. The maximum absolute atomic E-state index is 6.10. The van der Waals surface area contributed by atoms with Crippen molar-refractivity contribution in [2.45, 2.75) is 51.7 Å². The number of aryl methyl sites for hydroxylation is 1. The largest absolute Gasteiger partial charge is 0.437 e. The Hall–Kier alpha value is 0.117. The second-order valence-corrected chi connectivity index (χ2v) is 11.5. The normalized spacial score (nSPS) is 13.1. The summed E-state index contributed by atoms with van der Waals surface area (Å²) in [5, 5.41) is 0.286. The Labute approximate surface area is 119 Å². The lowest BCUT2D eigenvalue weighted by molar-refractivity contribution is 0.278. The van der Waals surface area contributed by atoms with Crippen LogP contribution in [0.5, 0.6) is 0 Å². The van der Waals surface area contributed by atoms with Crippen LogP contribution >= 0.6 is 22.6 Å². The van der Waals surface area contributed by atoms with Gasteiger partial charge < -0.3 is 8.84 Å². The Balaban J connectivity index is 2.29. The van der Waals surface area contributed by atoms with Gasteiger partial charge in [-0.2, -0.15) is 0 Å². The van der Waals surface area contributed by atoms with Crippen LogP contribution in [0.15, 0.2) is 10.6 Å². The Morgan fingerprint density at radius 2 is 2.06 bits per heavy atom. The van der Waals surface area contributed by atoms with Gasteiger partial charge in [0.1, 0.15) is 5.76 Å². The monoisotopic (exact) mass is 367 g/mol. The molecule has 0 aromatic carbocycles. The number of hydrogen-bond acceptors (Lipinski definition) is 3. The van der Waals surface area contributed by atoms with Crippen LogP contribution in [0, 0.1) is 3.90 Å². The van der Waals surface area contributed by atoms with E-state index in [0.29, 0.717) is 3.90 Å². The average Bonchev–Trinajstić information content (AvgIpc) is 2.57. The van der Waals surface area contributed by atoms with Gasteiger partial charge in [-0.05, 0) is 24.6 Å². The second kappa shape index (κ2) is 5.84. The standard InChI is InChI=1S/C12H22INO2Si/c1-12(2,3)17(4,5)15-8-6-7-10-9-14-11(13)16-10/h9H,6-8H2,1-5H3. The van der Waals surface area contributed by atoms with Crippen molar-refractivity contribution in [1.82, 2.24) is 4.98 Å². The number of oxazole rings is 1. The van der Waals surface area contributed by atoms with Crippen molar-refractivity contribution in [3.63, 3.8) is 0 Å². The van der Waals surface area contributed by atoms with E-state index in [0.717, 1.165) is 25.2 Å². The van der Waals surface area contributed by atoms with Gasteiger partial charge in [-0.25, -0.2) is 4.98 Å². The molecule has 0 N–H and O–H groups in total. The van der Waals surface area contributed by atoms with Crippen LogP contribution in [-0.4, -0.2) is 19.9 Å². The summed E-state index contributed by atoms with van der Waals surface area (Å²) in [5.74, 6) is 0.952. The van der Waals surface area contributed by atoms with Crippen LogP contribution in [-0.2, 0) is 10.8 Å². The molecule has 0 aliphatic heterocycles. The van der Waals surface area contributed by atoms with Crippen molar-refractivity contribution in [1.29, 1.82) is 0 Å². The second-order valence-electron chi connectivity index (χ2n) is 5.79. The zero-order valence-electron chi connectivity index (χ0n) is 11.3. The lowest BCUT2D eigenvalue weighted by Crippen LogP contribution is -2.41. The fraction of sp³-hybridized carbons (Fsp3) is 0.750. The van der Waals surface area contributed by atoms with E-state index in [1.165, 1.54) is 0 Å². The molecule has 0 saturated heterocycles. The Kier molecular flexibility index (Phi) is 5.21. The van der Waals surface area contributed by atoms with Crippen molar-refractivity contribution in [2.24, 2.45) is 0 Å². The lowest BCUT2D eigenvalue weighted by atomic mass is 10.2. The molecule has 1 heterocycles. The highest BCUT2D eigenvalue weighted by molar-refractivity contribution is 14.1. The van der Waals surface area contributed by atoms with E-state index < -0.39 is 8.32 Å². The van der Waals surface area contributed by atoms with Gasteiger partial charge in [-0.3, -0.25) is 0 Å². The van der Waals surface area contributed by atoms with Crippen molar-refractivity contribution < 1.29 is 8.84 Å². The molecular formula is C12H22INO2Si. The Morgan fingerprint density at radius 3 is 2.53 bits per heavy atom. The number of hydrogen-bond donors (Lipinski definition) is 0. The van der Waals surface area contributed by atoms with Crippen LogP contribution in [0.1, 0.15) is 33.0 Å². The van der Waals surface area contributed by atoms with Gasteiger partial charge in [-0.1, -0.05) is 20.8 Å². The van der Waals surface area contributed by atoms with E-state index in [9.17, 15) is 0 Å². The number of aromatic nitrogens is 1. The zero-order chi connectivity index (χ0) is 13.1. The van der Waals surface area contributed by atoms with Crippen LogP contribution in [0.3, 0.4) is 0 Å². The topological polar surface area (TPSA) is 35.3 Å². The van der Waals surface area contributed by atoms with Crippen LogP contribution < -0.4 is 0 Å². The van der Waals surface area contributed by atoms with Crippen LogP contribution in [0.25, 0.3) is 0 Å². The van der Waals surface area contributed by atoms with E-state index in [1.54, 1.807) is 6.20 Å². The van der Waals surface area contributed by atoms with Gasteiger partial charge in [0, 0.05) is 35.6 Å². The molecule has 0 fully saturated rings. The maximum atomic E-state index is 6.10. The molecule has 1 aromatic heterocycles. The van der Waals surface area contributed by atoms with E-state index in [1.807, 2.05) is 0 Å². The number of rotatable bonds is 5. The van der Waals surface area contributed by atoms with Gasteiger partial charge in [0.25, 0.3) is 3.90 Å². The summed E-state index contributed by atoms with van der Waals surface area (Å²) in [4.78, 5) is 4.07. The summed E-state index contributed by atoms with van der Waals surface area (Å²) in [6.07, 6.45) is 3.70. The van der Waals surface area contributed by atoms with Gasteiger partial charge in [0.05, 0.1) is 6.20 Å². The molecule has 0 saturated carbocycles. The fourth-order valence-corrected chi connectivity index (χ4v) is 2.70. The molecule has 0 unspecified atom stereocenters. The van der Waals surface area contributed by atoms with Crippen molar-refractivity contribution in [2.75, 3.05) is 6.61 Å². The third-order valence-electron chi connectivity index (χ3n) is 3.36. The minimum absolute atomic E-state index is 0.286. The van der Waals surface area contributed by atoms with Gasteiger partial charge in [0.15, 0.2) is 8.32 Å². The Bertz CT molecular complexity index is 358. The minimum Gasteiger partial charge on any atom is -0.437 e. The molecule has 0 amide bonds. The fourth-order valence-electron chi connectivity index (χ4n) is 1.19. The van der Waals surface area contributed by atoms with Crippen molar-refractivity contribution in [3.05, 3.63) is 15.9 Å². The van der Waals surface area contributed by atoms with Gasteiger partial charge >= 0.3 is 0 Å². The van der Waals surface area contributed by atoms with E-state index in [-0.39, 0.29) is 5.04 Å². The van der Waals surface area contributed by atoms with Gasteiger partial charge in [-0.15, -0.1) is 0 Å². The number of halogens is 1. The SMILES string of the molecule is CC(C)(C)[Si](C)(C)OCCCc1cnc(I)o1. The highest BCUT2D eigenvalue weighted by Gasteiger charge is 2.36. The molecule has 0 bridgehead atoms. The molecule has 98 valence electrons. The predicted octanol–water partition coefficient (Wildman–Crippen LogP) is 4.23. The molecule has 3 nitrogen and oxygen atoms in total. The molecule has 0 aliphatic rings. The van der Waals surface area contributed by atoms with Gasteiger partial charge in [0.2, 0.25) is 0 Å².